The van der Waals surface area contributed by atoms with Crippen molar-refractivity contribution in [2.75, 3.05) is 6.54 Å². The van der Waals surface area contributed by atoms with Gasteiger partial charge in [0.2, 0.25) is 11.7 Å². The Morgan fingerprint density at radius 3 is 3.06 bits per heavy atom. The lowest BCUT2D eigenvalue weighted by Gasteiger charge is -2.04. The van der Waals surface area contributed by atoms with Gasteiger partial charge in [-0.05, 0) is 31.5 Å². The van der Waals surface area contributed by atoms with Gasteiger partial charge in [-0.1, -0.05) is 33.2 Å². The van der Waals surface area contributed by atoms with Gasteiger partial charge >= 0.3 is 0 Å². The lowest BCUT2D eigenvalue weighted by Crippen LogP contribution is -2.23. The molecule has 94 valence electrons. The molecule has 1 saturated heterocycles. The van der Waals surface area contributed by atoms with Crippen LogP contribution in [0, 0.1) is 0 Å². The maximum atomic E-state index is 5.31. The van der Waals surface area contributed by atoms with Gasteiger partial charge < -0.3 is 9.84 Å². The van der Waals surface area contributed by atoms with Crippen LogP contribution in [0.2, 0.25) is 0 Å². The molecular formula is C13H14BrN3O. The van der Waals surface area contributed by atoms with Gasteiger partial charge in [0.05, 0.1) is 0 Å². The highest BCUT2D eigenvalue weighted by Gasteiger charge is 2.18. The van der Waals surface area contributed by atoms with E-state index in [0.29, 0.717) is 17.8 Å². The smallest absolute Gasteiger partial charge is 0.228 e. The third-order valence-electron chi connectivity index (χ3n) is 3.17. The highest BCUT2D eigenvalue weighted by Crippen LogP contribution is 2.25. The molecule has 1 aromatic heterocycles. The maximum Gasteiger partial charge on any atom is 0.228 e. The summed E-state index contributed by atoms with van der Waals surface area (Å²) in [5, 5.41) is 7.47. The fourth-order valence-corrected chi connectivity index (χ4v) is 2.69. The number of hydrogen-bond donors (Lipinski definition) is 1. The van der Waals surface area contributed by atoms with Crippen LogP contribution in [-0.2, 0) is 6.42 Å². The summed E-state index contributed by atoms with van der Waals surface area (Å²) in [6.45, 7) is 1.09. The van der Waals surface area contributed by atoms with Gasteiger partial charge in [0.15, 0.2) is 0 Å². The van der Waals surface area contributed by atoms with E-state index < -0.39 is 0 Å². The molecule has 0 amide bonds. The molecule has 3 rings (SSSR count). The zero-order valence-electron chi connectivity index (χ0n) is 9.90. The topological polar surface area (TPSA) is 51.0 Å². The van der Waals surface area contributed by atoms with E-state index in [9.17, 15) is 0 Å². The van der Waals surface area contributed by atoms with Crippen LogP contribution < -0.4 is 5.32 Å². The Hall–Kier alpha value is -1.20. The van der Waals surface area contributed by atoms with Crippen molar-refractivity contribution in [3.8, 4) is 11.4 Å². The van der Waals surface area contributed by atoms with E-state index in [0.717, 1.165) is 23.0 Å². The second kappa shape index (κ2) is 5.20. The first-order chi connectivity index (χ1) is 8.83. The van der Waals surface area contributed by atoms with Gasteiger partial charge in [-0.3, -0.25) is 0 Å². The molecule has 0 spiro atoms. The Morgan fingerprint density at radius 1 is 1.39 bits per heavy atom. The van der Waals surface area contributed by atoms with Crippen molar-refractivity contribution < 1.29 is 4.52 Å². The molecule has 1 N–H and O–H groups in total. The molecule has 1 atom stereocenters. The third kappa shape index (κ3) is 2.47. The fourth-order valence-electron chi connectivity index (χ4n) is 2.23. The average Bonchev–Trinajstić information content (AvgIpc) is 3.02. The molecule has 0 bridgehead atoms. The molecule has 2 aromatic rings. The van der Waals surface area contributed by atoms with Crippen LogP contribution in [0.3, 0.4) is 0 Å². The van der Waals surface area contributed by atoms with Crippen LogP contribution >= 0.6 is 15.9 Å². The van der Waals surface area contributed by atoms with Crippen LogP contribution in [-0.4, -0.2) is 22.7 Å². The number of nitrogens with one attached hydrogen (secondary N) is 1. The summed E-state index contributed by atoms with van der Waals surface area (Å²) >= 11 is 3.50. The summed E-state index contributed by atoms with van der Waals surface area (Å²) in [5.74, 6) is 1.36. The van der Waals surface area contributed by atoms with Gasteiger partial charge in [-0.25, -0.2) is 0 Å². The van der Waals surface area contributed by atoms with Gasteiger partial charge in [0, 0.05) is 22.5 Å². The van der Waals surface area contributed by atoms with Crippen LogP contribution in [0.1, 0.15) is 18.7 Å². The molecule has 0 saturated carbocycles. The lowest BCUT2D eigenvalue weighted by molar-refractivity contribution is 0.364. The Bertz CT molecular complexity index is 535. The predicted octanol–water partition coefficient (Wildman–Crippen LogP) is 2.79. The molecule has 0 aliphatic carbocycles. The number of nitrogens with zero attached hydrogens (tertiary/aromatic N) is 2. The lowest BCUT2D eigenvalue weighted by atomic mass is 10.1. The van der Waals surface area contributed by atoms with Gasteiger partial charge in [0.25, 0.3) is 0 Å². The van der Waals surface area contributed by atoms with E-state index in [1.807, 2.05) is 24.3 Å². The van der Waals surface area contributed by atoms with Crippen LogP contribution in [0.4, 0.5) is 0 Å². The monoisotopic (exact) mass is 307 g/mol. The summed E-state index contributed by atoms with van der Waals surface area (Å²) in [4.78, 5) is 4.46. The van der Waals surface area contributed by atoms with E-state index in [2.05, 4.69) is 31.4 Å². The minimum atomic E-state index is 0.484. The van der Waals surface area contributed by atoms with E-state index >= 15 is 0 Å². The molecule has 2 heterocycles. The zero-order valence-corrected chi connectivity index (χ0v) is 11.5. The zero-order chi connectivity index (χ0) is 12.4. The second-order valence-corrected chi connectivity index (χ2v) is 5.34. The molecule has 18 heavy (non-hydrogen) atoms. The summed E-state index contributed by atoms with van der Waals surface area (Å²) in [7, 11) is 0. The number of halogens is 1. The first-order valence-corrected chi connectivity index (χ1v) is 6.93. The predicted molar refractivity (Wildman–Crippen MR) is 72.2 cm³/mol. The van der Waals surface area contributed by atoms with Crippen molar-refractivity contribution in [1.82, 2.24) is 15.5 Å². The second-order valence-electron chi connectivity index (χ2n) is 4.49. The number of hydrogen-bond acceptors (Lipinski definition) is 4. The Kier molecular flexibility index (Phi) is 3.43. The van der Waals surface area contributed by atoms with Crippen molar-refractivity contribution in [3.63, 3.8) is 0 Å². The van der Waals surface area contributed by atoms with Crippen molar-refractivity contribution in [1.29, 1.82) is 0 Å². The first kappa shape index (κ1) is 11.9. The minimum Gasteiger partial charge on any atom is -0.339 e. The van der Waals surface area contributed by atoms with Crippen molar-refractivity contribution in [3.05, 3.63) is 34.6 Å². The van der Waals surface area contributed by atoms with E-state index in [1.54, 1.807) is 0 Å². The molecule has 0 radical (unpaired) electrons. The summed E-state index contributed by atoms with van der Waals surface area (Å²) in [5.41, 5.74) is 0.965. The Balaban J connectivity index is 1.79. The van der Waals surface area contributed by atoms with Crippen LogP contribution in [0.25, 0.3) is 11.4 Å². The standard InChI is InChI=1S/C13H14BrN3O/c14-11-6-2-1-5-10(11)13-16-12(18-17-13)8-9-4-3-7-15-9/h1-2,5-6,9,15H,3-4,7-8H2. The molecule has 4 nitrogen and oxygen atoms in total. The maximum absolute atomic E-state index is 5.31. The highest BCUT2D eigenvalue weighted by atomic mass is 79.9. The summed E-state index contributed by atoms with van der Waals surface area (Å²) < 4.78 is 6.30. The van der Waals surface area contributed by atoms with Crippen molar-refractivity contribution >= 4 is 15.9 Å². The first-order valence-electron chi connectivity index (χ1n) is 6.14. The molecule has 1 aliphatic rings. The van der Waals surface area contributed by atoms with E-state index in [4.69, 9.17) is 4.52 Å². The molecule has 1 fully saturated rings. The SMILES string of the molecule is Brc1ccccc1-c1noc(CC2CCCN2)n1. The third-order valence-corrected chi connectivity index (χ3v) is 3.86. The van der Waals surface area contributed by atoms with E-state index in [-0.39, 0.29) is 0 Å². The fraction of sp³-hybridized carbons (Fsp3) is 0.385. The molecule has 1 aliphatic heterocycles. The summed E-state index contributed by atoms with van der Waals surface area (Å²) in [6, 6.07) is 8.37. The van der Waals surface area contributed by atoms with E-state index in [1.165, 1.54) is 12.8 Å². The number of rotatable bonds is 3. The quantitative estimate of drug-likeness (QED) is 0.947. The Morgan fingerprint density at radius 2 is 2.28 bits per heavy atom. The molecular weight excluding hydrogens is 294 g/mol. The normalized spacial score (nSPS) is 19.3. The van der Waals surface area contributed by atoms with Gasteiger partial charge in [-0.15, -0.1) is 0 Å². The Labute approximate surface area is 114 Å². The average molecular weight is 308 g/mol. The number of benzene rings is 1. The number of aromatic nitrogens is 2. The highest BCUT2D eigenvalue weighted by molar-refractivity contribution is 9.10. The minimum absolute atomic E-state index is 0.484. The molecule has 1 aromatic carbocycles. The molecule has 1 unspecified atom stereocenters. The summed E-state index contributed by atoms with van der Waals surface area (Å²) in [6.07, 6.45) is 3.24. The van der Waals surface area contributed by atoms with Gasteiger partial charge in [-0.2, -0.15) is 4.98 Å². The van der Waals surface area contributed by atoms with Crippen molar-refractivity contribution in [2.24, 2.45) is 0 Å². The van der Waals surface area contributed by atoms with Gasteiger partial charge in [0.1, 0.15) is 0 Å². The molecule has 5 heteroatoms. The van der Waals surface area contributed by atoms with Crippen LogP contribution in [0.5, 0.6) is 0 Å². The van der Waals surface area contributed by atoms with Crippen molar-refractivity contribution in [2.45, 2.75) is 25.3 Å². The largest absolute Gasteiger partial charge is 0.339 e. The van der Waals surface area contributed by atoms with Crippen LogP contribution in [0.15, 0.2) is 33.3 Å².